The van der Waals surface area contributed by atoms with E-state index in [9.17, 15) is 12.8 Å². The van der Waals surface area contributed by atoms with E-state index >= 15 is 0 Å². The largest absolute Gasteiger partial charge is 0.320 e. The zero-order chi connectivity index (χ0) is 15.9. The first-order valence-corrected chi connectivity index (χ1v) is 7.98. The molecular weight excluding hydrogens is 293 g/mol. The minimum atomic E-state index is -3.84. The number of hydrogen-bond donors (Lipinski definition) is 2. The van der Waals surface area contributed by atoms with E-state index in [0.717, 1.165) is 12.6 Å². The smallest absolute Gasteiger partial charge is 0.243 e. The summed E-state index contributed by atoms with van der Waals surface area (Å²) >= 11 is 0. The van der Waals surface area contributed by atoms with Gasteiger partial charge in [-0.2, -0.15) is 0 Å². The molecule has 0 bridgehead atoms. The van der Waals surface area contributed by atoms with Crippen LogP contribution in [0, 0.1) is 17.7 Å². The van der Waals surface area contributed by atoms with E-state index in [1.165, 1.54) is 12.1 Å². The maximum Gasteiger partial charge on any atom is 0.243 e. The van der Waals surface area contributed by atoms with Crippen LogP contribution < -0.4 is 10.5 Å². The second-order valence-corrected chi connectivity index (χ2v) is 6.44. The van der Waals surface area contributed by atoms with E-state index in [-0.39, 0.29) is 18.0 Å². The van der Waals surface area contributed by atoms with Gasteiger partial charge in [-0.25, -0.2) is 17.5 Å². The third-order valence-corrected chi connectivity index (χ3v) is 4.12. The normalized spacial score (nSPS) is 11.3. The van der Waals surface area contributed by atoms with Crippen molar-refractivity contribution in [1.29, 1.82) is 0 Å². The molecule has 0 aliphatic rings. The summed E-state index contributed by atoms with van der Waals surface area (Å²) in [6, 6.07) is 3.77. The fraction of sp³-hybridized carbons (Fsp3) is 0.429. The van der Waals surface area contributed by atoms with Gasteiger partial charge in [-0.05, 0) is 45.3 Å². The summed E-state index contributed by atoms with van der Waals surface area (Å²) in [6.45, 7) is 1.17. The van der Waals surface area contributed by atoms with E-state index in [4.69, 9.17) is 5.73 Å². The Labute approximate surface area is 125 Å². The lowest BCUT2D eigenvalue weighted by Gasteiger charge is -2.11. The Balaban J connectivity index is 2.79. The Morgan fingerprint density at radius 1 is 1.38 bits per heavy atom. The molecule has 0 unspecified atom stereocenters. The molecule has 0 fully saturated rings. The van der Waals surface area contributed by atoms with E-state index in [0.29, 0.717) is 12.0 Å². The molecule has 0 aliphatic heterocycles. The molecule has 0 saturated heterocycles. The van der Waals surface area contributed by atoms with Gasteiger partial charge in [0.1, 0.15) is 10.7 Å². The highest BCUT2D eigenvalue weighted by Gasteiger charge is 2.18. The fourth-order valence-electron chi connectivity index (χ4n) is 1.63. The van der Waals surface area contributed by atoms with Crippen LogP contribution in [0.3, 0.4) is 0 Å². The molecule has 0 heterocycles. The Hall–Kier alpha value is -1.46. The van der Waals surface area contributed by atoms with Crippen LogP contribution in [-0.4, -0.2) is 47.0 Å². The van der Waals surface area contributed by atoms with Gasteiger partial charge in [0.05, 0.1) is 6.54 Å². The first-order valence-electron chi connectivity index (χ1n) is 6.49. The van der Waals surface area contributed by atoms with Gasteiger partial charge in [0.15, 0.2) is 0 Å². The highest BCUT2D eigenvalue weighted by molar-refractivity contribution is 7.89. The zero-order valence-corrected chi connectivity index (χ0v) is 13.0. The molecule has 0 spiro atoms. The van der Waals surface area contributed by atoms with Crippen LogP contribution >= 0.6 is 0 Å². The summed E-state index contributed by atoms with van der Waals surface area (Å²) in [5, 5.41) is 0. The second kappa shape index (κ2) is 8.10. The number of nitrogens with zero attached hydrogens (tertiary/aromatic N) is 1. The number of benzene rings is 1. The Kier molecular flexibility index (Phi) is 6.78. The number of hydrogen-bond acceptors (Lipinski definition) is 4. The molecular formula is C14H20FN3O2S. The van der Waals surface area contributed by atoms with Crippen molar-refractivity contribution >= 4 is 10.0 Å². The Morgan fingerprint density at radius 3 is 2.67 bits per heavy atom. The molecule has 3 N–H and O–H groups in total. The maximum atomic E-state index is 13.9. The molecule has 5 nitrogen and oxygen atoms in total. The van der Waals surface area contributed by atoms with Crippen molar-refractivity contribution in [2.75, 3.05) is 33.7 Å². The lowest BCUT2D eigenvalue weighted by atomic mass is 10.2. The highest BCUT2D eigenvalue weighted by atomic mass is 32.2. The minimum absolute atomic E-state index is 0.162. The molecule has 0 amide bonds. The molecule has 0 aromatic heterocycles. The monoisotopic (exact) mass is 313 g/mol. The number of halogens is 1. The van der Waals surface area contributed by atoms with Gasteiger partial charge < -0.3 is 10.6 Å². The number of sulfonamides is 1. The predicted molar refractivity (Wildman–Crippen MR) is 80.7 cm³/mol. The lowest BCUT2D eigenvalue weighted by molar-refractivity contribution is 0.400. The summed E-state index contributed by atoms with van der Waals surface area (Å²) in [5.74, 6) is 4.42. The van der Waals surface area contributed by atoms with Gasteiger partial charge in [0.25, 0.3) is 0 Å². The molecule has 0 radical (unpaired) electrons. The average Bonchev–Trinajstić information content (AvgIpc) is 2.41. The van der Waals surface area contributed by atoms with Crippen molar-refractivity contribution < 1.29 is 12.8 Å². The topological polar surface area (TPSA) is 75.4 Å². The molecule has 7 heteroatoms. The zero-order valence-electron chi connectivity index (χ0n) is 12.2. The number of nitrogens with two attached hydrogens (primary N) is 1. The fourth-order valence-corrected chi connectivity index (χ4v) is 2.76. The van der Waals surface area contributed by atoms with Crippen LogP contribution in [-0.2, 0) is 10.0 Å². The third kappa shape index (κ3) is 5.81. The quantitative estimate of drug-likeness (QED) is 0.587. The van der Waals surface area contributed by atoms with Crippen molar-refractivity contribution in [2.24, 2.45) is 5.73 Å². The van der Waals surface area contributed by atoms with Crippen LogP contribution in [0.4, 0.5) is 4.39 Å². The van der Waals surface area contributed by atoms with Crippen molar-refractivity contribution in [3.8, 4) is 11.8 Å². The number of nitrogens with one attached hydrogen (secondary N) is 1. The molecule has 1 aromatic carbocycles. The standard InChI is InChI=1S/C14H20FN3O2S/c1-18(2)10-4-9-17-21(19,20)14-7-6-12(5-3-8-16)11-13(14)15/h6-7,11,17H,4,8-10,16H2,1-2H3. The van der Waals surface area contributed by atoms with Gasteiger partial charge in [-0.15, -0.1) is 0 Å². The second-order valence-electron chi connectivity index (χ2n) is 4.71. The summed E-state index contributed by atoms with van der Waals surface area (Å²) < 4.78 is 40.3. The van der Waals surface area contributed by atoms with Gasteiger partial charge in [0, 0.05) is 12.1 Å². The van der Waals surface area contributed by atoms with E-state index < -0.39 is 15.8 Å². The average molecular weight is 313 g/mol. The van der Waals surface area contributed by atoms with Gasteiger partial charge >= 0.3 is 0 Å². The van der Waals surface area contributed by atoms with Crippen molar-refractivity contribution in [1.82, 2.24) is 9.62 Å². The molecule has 0 saturated carbocycles. The molecule has 1 aromatic rings. The molecule has 0 atom stereocenters. The Morgan fingerprint density at radius 2 is 2.10 bits per heavy atom. The summed E-state index contributed by atoms with van der Waals surface area (Å²) in [5.41, 5.74) is 5.62. The van der Waals surface area contributed by atoms with Crippen molar-refractivity contribution in [2.45, 2.75) is 11.3 Å². The predicted octanol–water partition coefficient (Wildman–Crippen LogP) is 0.366. The van der Waals surface area contributed by atoms with Gasteiger partial charge in [0.2, 0.25) is 10.0 Å². The van der Waals surface area contributed by atoms with Crippen LogP contribution in [0.15, 0.2) is 23.1 Å². The summed E-state index contributed by atoms with van der Waals surface area (Å²) in [4.78, 5) is 1.57. The third-order valence-electron chi connectivity index (χ3n) is 2.63. The summed E-state index contributed by atoms with van der Waals surface area (Å²) in [6.07, 6.45) is 0.647. The molecule has 116 valence electrons. The van der Waals surface area contributed by atoms with Crippen LogP contribution in [0.25, 0.3) is 0 Å². The van der Waals surface area contributed by atoms with Crippen LogP contribution in [0.1, 0.15) is 12.0 Å². The van der Waals surface area contributed by atoms with Crippen LogP contribution in [0.2, 0.25) is 0 Å². The van der Waals surface area contributed by atoms with Crippen molar-refractivity contribution in [3.05, 3.63) is 29.6 Å². The number of rotatable bonds is 6. The lowest BCUT2D eigenvalue weighted by Crippen LogP contribution is -2.28. The molecule has 21 heavy (non-hydrogen) atoms. The van der Waals surface area contributed by atoms with Gasteiger partial charge in [-0.1, -0.05) is 11.8 Å². The molecule has 0 aliphatic carbocycles. The van der Waals surface area contributed by atoms with E-state index in [2.05, 4.69) is 16.6 Å². The maximum absolute atomic E-state index is 13.9. The molecule has 1 rings (SSSR count). The first-order chi connectivity index (χ1) is 9.86. The minimum Gasteiger partial charge on any atom is -0.320 e. The first kappa shape index (κ1) is 17.6. The van der Waals surface area contributed by atoms with E-state index in [1.54, 1.807) is 0 Å². The van der Waals surface area contributed by atoms with E-state index in [1.807, 2.05) is 19.0 Å². The highest BCUT2D eigenvalue weighted by Crippen LogP contribution is 2.15. The summed E-state index contributed by atoms with van der Waals surface area (Å²) in [7, 11) is -0.0464. The van der Waals surface area contributed by atoms with Crippen LogP contribution in [0.5, 0.6) is 0 Å². The van der Waals surface area contributed by atoms with Crippen molar-refractivity contribution in [3.63, 3.8) is 0 Å². The Bertz CT molecular complexity index is 633. The van der Waals surface area contributed by atoms with Gasteiger partial charge in [-0.3, -0.25) is 0 Å². The SMILES string of the molecule is CN(C)CCCNS(=O)(=O)c1ccc(C#CCN)cc1F.